The number of imidazole rings is 1. The predicted octanol–water partition coefficient (Wildman–Crippen LogP) is 3.80. The third-order valence-electron chi connectivity index (χ3n) is 2.44. The van der Waals surface area contributed by atoms with Crippen molar-refractivity contribution in [3.8, 4) is 5.69 Å². The smallest absolute Gasteiger partial charge is 0.313 e. The van der Waals surface area contributed by atoms with Crippen LogP contribution in [0.3, 0.4) is 0 Å². The summed E-state index contributed by atoms with van der Waals surface area (Å²) >= 11 is 13.1. The quantitative estimate of drug-likeness (QED) is 0.864. The highest BCUT2D eigenvalue weighted by Gasteiger charge is 2.17. The molecule has 0 spiro atoms. The Balaban J connectivity index is 2.52. The summed E-state index contributed by atoms with van der Waals surface area (Å²) in [6, 6.07) is 2.29. The van der Waals surface area contributed by atoms with Crippen LogP contribution in [0.2, 0.25) is 10.0 Å². The number of aryl methyl sites for hydroxylation is 1. The van der Waals surface area contributed by atoms with E-state index in [4.69, 9.17) is 28.3 Å². The Bertz CT molecular complexity index is 652. The third kappa shape index (κ3) is 3.08. The highest BCUT2D eigenvalue weighted by molar-refractivity contribution is 7.99. The Morgan fingerprint density at radius 3 is 2.60 bits per heavy atom. The SMILES string of the molecule is Cc1cnc(SCC(=O)O)n1-c1c(Cl)cc(F)cc1Cl. The predicted molar refractivity (Wildman–Crippen MR) is 76.6 cm³/mol. The number of hydrogen-bond acceptors (Lipinski definition) is 3. The van der Waals surface area contributed by atoms with Gasteiger partial charge in [0.1, 0.15) is 5.82 Å². The number of aromatic nitrogens is 2. The van der Waals surface area contributed by atoms with Crippen LogP contribution >= 0.6 is 35.0 Å². The number of rotatable bonds is 4. The largest absolute Gasteiger partial charge is 0.481 e. The first kappa shape index (κ1) is 15.2. The van der Waals surface area contributed by atoms with Crippen LogP contribution in [0.25, 0.3) is 5.69 Å². The Kier molecular flexibility index (Phi) is 4.57. The van der Waals surface area contributed by atoms with Gasteiger partial charge in [-0.3, -0.25) is 9.36 Å². The van der Waals surface area contributed by atoms with Gasteiger partial charge in [0, 0.05) is 11.9 Å². The second-order valence-corrected chi connectivity index (χ2v) is 5.67. The van der Waals surface area contributed by atoms with Crippen LogP contribution in [-0.4, -0.2) is 26.4 Å². The van der Waals surface area contributed by atoms with Crippen molar-refractivity contribution in [1.29, 1.82) is 0 Å². The fraction of sp³-hybridized carbons (Fsp3) is 0.167. The zero-order valence-corrected chi connectivity index (χ0v) is 12.6. The van der Waals surface area contributed by atoms with E-state index in [0.717, 1.165) is 23.9 Å². The van der Waals surface area contributed by atoms with Gasteiger partial charge in [-0.15, -0.1) is 0 Å². The molecule has 0 saturated heterocycles. The highest BCUT2D eigenvalue weighted by atomic mass is 35.5. The molecule has 0 aliphatic rings. The maximum absolute atomic E-state index is 13.2. The molecular weight excluding hydrogens is 326 g/mol. The van der Waals surface area contributed by atoms with Gasteiger partial charge in [-0.25, -0.2) is 9.37 Å². The minimum absolute atomic E-state index is 0.133. The van der Waals surface area contributed by atoms with E-state index in [0.29, 0.717) is 16.5 Å². The number of thioether (sulfide) groups is 1. The van der Waals surface area contributed by atoms with Gasteiger partial charge in [0.15, 0.2) is 5.16 Å². The van der Waals surface area contributed by atoms with Crippen LogP contribution in [0.1, 0.15) is 5.69 Å². The van der Waals surface area contributed by atoms with Crippen molar-refractivity contribution >= 4 is 40.9 Å². The zero-order chi connectivity index (χ0) is 14.9. The first-order valence-corrected chi connectivity index (χ1v) is 7.18. The van der Waals surface area contributed by atoms with Crippen LogP contribution in [0.15, 0.2) is 23.5 Å². The van der Waals surface area contributed by atoms with Crippen molar-refractivity contribution in [3.05, 3.63) is 39.9 Å². The molecule has 0 bridgehead atoms. The number of halogens is 3. The molecule has 106 valence electrons. The molecule has 2 rings (SSSR count). The fourth-order valence-corrected chi connectivity index (χ4v) is 3.04. The summed E-state index contributed by atoms with van der Waals surface area (Å²) in [5.41, 5.74) is 1.10. The molecule has 0 saturated carbocycles. The summed E-state index contributed by atoms with van der Waals surface area (Å²) in [5.74, 6) is -1.65. The van der Waals surface area contributed by atoms with Gasteiger partial charge < -0.3 is 5.11 Å². The van der Waals surface area contributed by atoms with Crippen molar-refractivity contribution in [1.82, 2.24) is 9.55 Å². The minimum Gasteiger partial charge on any atom is -0.481 e. The lowest BCUT2D eigenvalue weighted by atomic mass is 10.3. The van der Waals surface area contributed by atoms with Gasteiger partial charge in [0.25, 0.3) is 0 Å². The lowest BCUT2D eigenvalue weighted by Gasteiger charge is -2.13. The summed E-state index contributed by atoms with van der Waals surface area (Å²) < 4.78 is 14.8. The number of benzene rings is 1. The first-order chi connectivity index (χ1) is 9.40. The van der Waals surface area contributed by atoms with Crippen LogP contribution in [0.5, 0.6) is 0 Å². The average Bonchev–Trinajstić information content (AvgIpc) is 2.67. The van der Waals surface area contributed by atoms with Crippen molar-refractivity contribution in [2.75, 3.05) is 5.75 Å². The van der Waals surface area contributed by atoms with Crippen molar-refractivity contribution in [2.24, 2.45) is 0 Å². The zero-order valence-electron chi connectivity index (χ0n) is 10.2. The van der Waals surface area contributed by atoms with Crippen LogP contribution in [0.4, 0.5) is 4.39 Å². The normalized spacial score (nSPS) is 10.8. The molecule has 0 amide bonds. The van der Waals surface area contributed by atoms with E-state index < -0.39 is 11.8 Å². The van der Waals surface area contributed by atoms with E-state index in [1.54, 1.807) is 17.7 Å². The maximum atomic E-state index is 13.2. The first-order valence-electron chi connectivity index (χ1n) is 5.44. The Labute approximate surface area is 128 Å². The van der Waals surface area contributed by atoms with E-state index in [1.807, 2.05) is 0 Å². The molecule has 1 aromatic carbocycles. The fourth-order valence-electron chi connectivity index (χ4n) is 1.66. The molecule has 0 radical (unpaired) electrons. The number of carboxylic acid groups (broad SMARTS) is 1. The number of carbonyl (C=O) groups is 1. The van der Waals surface area contributed by atoms with Gasteiger partial charge in [0.2, 0.25) is 0 Å². The molecule has 8 heteroatoms. The molecule has 0 atom stereocenters. The molecular formula is C12H9Cl2FN2O2S. The van der Waals surface area contributed by atoms with Gasteiger partial charge in [0.05, 0.1) is 21.5 Å². The summed E-state index contributed by atoms with van der Waals surface area (Å²) in [6.07, 6.45) is 1.57. The number of aliphatic carboxylic acids is 1. The van der Waals surface area contributed by atoms with Crippen LogP contribution in [-0.2, 0) is 4.79 Å². The van der Waals surface area contributed by atoms with E-state index >= 15 is 0 Å². The van der Waals surface area contributed by atoms with Gasteiger partial charge >= 0.3 is 5.97 Å². The van der Waals surface area contributed by atoms with Gasteiger partial charge in [-0.05, 0) is 19.1 Å². The van der Waals surface area contributed by atoms with E-state index in [2.05, 4.69) is 4.98 Å². The van der Waals surface area contributed by atoms with Gasteiger partial charge in [-0.2, -0.15) is 0 Å². The van der Waals surface area contributed by atoms with Gasteiger partial charge in [-0.1, -0.05) is 35.0 Å². The molecule has 0 aliphatic carbocycles. The van der Waals surface area contributed by atoms with Crippen molar-refractivity contribution in [3.63, 3.8) is 0 Å². The summed E-state index contributed by atoms with van der Waals surface area (Å²) in [5, 5.41) is 9.43. The molecule has 0 unspecified atom stereocenters. The second kappa shape index (κ2) is 6.03. The third-order valence-corrected chi connectivity index (χ3v) is 3.95. The molecule has 2 aromatic rings. The molecule has 20 heavy (non-hydrogen) atoms. The molecule has 1 heterocycles. The lowest BCUT2D eigenvalue weighted by Crippen LogP contribution is -2.04. The highest BCUT2D eigenvalue weighted by Crippen LogP contribution is 2.34. The number of carboxylic acids is 1. The molecule has 4 nitrogen and oxygen atoms in total. The summed E-state index contributed by atoms with van der Waals surface area (Å²) in [6.45, 7) is 1.77. The Morgan fingerprint density at radius 2 is 2.05 bits per heavy atom. The van der Waals surface area contributed by atoms with Crippen LogP contribution in [0, 0.1) is 12.7 Å². The van der Waals surface area contributed by atoms with Crippen LogP contribution < -0.4 is 0 Å². The van der Waals surface area contributed by atoms with E-state index in [1.165, 1.54) is 0 Å². The second-order valence-electron chi connectivity index (χ2n) is 3.92. The monoisotopic (exact) mass is 334 g/mol. The number of hydrogen-bond donors (Lipinski definition) is 1. The lowest BCUT2D eigenvalue weighted by molar-refractivity contribution is -0.133. The van der Waals surface area contributed by atoms with E-state index in [-0.39, 0.29) is 15.8 Å². The van der Waals surface area contributed by atoms with Crippen molar-refractivity contribution < 1.29 is 14.3 Å². The average molecular weight is 335 g/mol. The topological polar surface area (TPSA) is 55.1 Å². The minimum atomic E-state index is -0.960. The van der Waals surface area contributed by atoms with Crippen molar-refractivity contribution in [2.45, 2.75) is 12.1 Å². The molecule has 1 aromatic heterocycles. The molecule has 0 aliphatic heterocycles. The molecule has 1 N–H and O–H groups in total. The Hall–Kier alpha value is -1.24. The Morgan fingerprint density at radius 1 is 1.45 bits per heavy atom. The maximum Gasteiger partial charge on any atom is 0.313 e. The standard InChI is InChI=1S/C12H9Cl2FN2O2S/c1-6-4-16-12(20-5-10(18)19)17(6)11-8(13)2-7(15)3-9(11)14/h2-4H,5H2,1H3,(H,18,19). The summed E-state index contributed by atoms with van der Waals surface area (Å²) in [7, 11) is 0. The summed E-state index contributed by atoms with van der Waals surface area (Å²) in [4.78, 5) is 14.8. The number of nitrogens with zero attached hydrogens (tertiary/aromatic N) is 2. The molecule has 0 fully saturated rings. The van der Waals surface area contributed by atoms with E-state index in [9.17, 15) is 9.18 Å².